The molecule has 1 N–H and O–H groups in total. The summed E-state index contributed by atoms with van der Waals surface area (Å²) >= 11 is 6.02. The molecule has 0 unspecified atom stereocenters. The highest BCUT2D eigenvalue weighted by atomic mass is 35.5. The molecule has 26 heavy (non-hydrogen) atoms. The number of hydrogen-bond acceptors (Lipinski definition) is 6. The third-order valence-corrected chi connectivity index (χ3v) is 4.87. The third kappa shape index (κ3) is 2.84. The molecule has 2 aromatic carbocycles. The first-order valence-electron chi connectivity index (χ1n) is 8.22. The van der Waals surface area contributed by atoms with E-state index in [1.807, 2.05) is 42.5 Å². The molecule has 1 aliphatic rings. The van der Waals surface area contributed by atoms with E-state index in [9.17, 15) is 0 Å². The van der Waals surface area contributed by atoms with Crippen LogP contribution >= 0.6 is 11.6 Å². The Morgan fingerprint density at radius 3 is 2.65 bits per heavy atom. The van der Waals surface area contributed by atoms with Crippen molar-refractivity contribution in [2.45, 2.75) is 18.5 Å². The highest BCUT2D eigenvalue weighted by Crippen LogP contribution is 2.43. The number of anilines is 1. The van der Waals surface area contributed by atoms with Crippen molar-refractivity contribution < 1.29 is 9.47 Å². The van der Waals surface area contributed by atoms with Gasteiger partial charge in [0.25, 0.3) is 0 Å². The topological polar surface area (TPSA) is 74.1 Å². The molecule has 2 heterocycles. The third-order valence-electron chi connectivity index (χ3n) is 4.62. The van der Waals surface area contributed by atoms with E-state index in [2.05, 4.69) is 20.8 Å². The van der Waals surface area contributed by atoms with Crippen LogP contribution < -0.4 is 14.8 Å². The number of aromatic nitrogens is 4. The standard InChI is InChI=1S/C18H18ClN5O2/c1-25-16-5-3-4-13(17(16)26-2)15-10-14(11-6-8-12(19)9-7-11)20-18-21-22-23-24(15)18/h3-9,14-15H,10H2,1-2H3,(H,20,21,23)/t14-,15-/m1/s1. The lowest BCUT2D eigenvalue weighted by Gasteiger charge is -2.32. The van der Waals surface area contributed by atoms with Crippen molar-refractivity contribution >= 4 is 17.5 Å². The Bertz CT molecular complexity index is 912. The van der Waals surface area contributed by atoms with Crippen LogP contribution in [0.4, 0.5) is 5.95 Å². The molecule has 0 saturated heterocycles. The van der Waals surface area contributed by atoms with Gasteiger partial charge < -0.3 is 14.8 Å². The molecule has 0 bridgehead atoms. The molecule has 0 aliphatic carbocycles. The summed E-state index contributed by atoms with van der Waals surface area (Å²) in [5.74, 6) is 1.99. The molecule has 8 heteroatoms. The first-order valence-corrected chi connectivity index (χ1v) is 8.60. The molecule has 0 saturated carbocycles. The van der Waals surface area contributed by atoms with Crippen LogP contribution in [0.5, 0.6) is 11.5 Å². The average Bonchev–Trinajstić information content (AvgIpc) is 3.15. The molecular weight excluding hydrogens is 354 g/mol. The number of rotatable bonds is 4. The highest BCUT2D eigenvalue weighted by Gasteiger charge is 2.33. The highest BCUT2D eigenvalue weighted by molar-refractivity contribution is 6.30. The van der Waals surface area contributed by atoms with E-state index in [1.165, 1.54) is 0 Å². The van der Waals surface area contributed by atoms with Crippen molar-refractivity contribution in [1.29, 1.82) is 0 Å². The monoisotopic (exact) mass is 371 g/mol. The minimum Gasteiger partial charge on any atom is -0.493 e. The smallest absolute Gasteiger partial charge is 0.243 e. The molecule has 3 aromatic rings. The number of ether oxygens (including phenoxy) is 2. The molecular formula is C18H18ClN5O2. The van der Waals surface area contributed by atoms with Gasteiger partial charge in [-0.05, 0) is 40.6 Å². The lowest BCUT2D eigenvalue weighted by molar-refractivity contribution is 0.339. The quantitative estimate of drug-likeness (QED) is 0.756. The number of fused-ring (bicyclic) bond motifs is 1. The summed E-state index contributed by atoms with van der Waals surface area (Å²) in [4.78, 5) is 0. The van der Waals surface area contributed by atoms with Gasteiger partial charge in [-0.15, -0.1) is 0 Å². The largest absolute Gasteiger partial charge is 0.493 e. The Kier molecular flexibility index (Phi) is 4.38. The van der Waals surface area contributed by atoms with Crippen LogP contribution in [0.1, 0.15) is 29.6 Å². The molecule has 0 spiro atoms. The van der Waals surface area contributed by atoms with Gasteiger partial charge in [-0.3, -0.25) is 0 Å². The number of methoxy groups -OCH3 is 2. The summed E-state index contributed by atoms with van der Waals surface area (Å²) < 4.78 is 12.9. The van der Waals surface area contributed by atoms with Gasteiger partial charge >= 0.3 is 0 Å². The maximum Gasteiger partial charge on any atom is 0.243 e. The molecule has 0 radical (unpaired) electrons. The zero-order valence-electron chi connectivity index (χ0n) is 14.4. The lowest BCUT2D eigenvalue weighted by atomic mass is 9.92. The summed E-state index contributed by atoms with van der Waals surface area (Å²) in [6, 6.07) is 13.6. The van der Waals surface area contributed by atoms with E-state index in [0.717, 1.165) is 17.5 Å². The number of nitrogens with zero attached hydrogens (tertiary/aromatic N) is 4. The number of halogens is 1. The Hall–Kier alpha value is -2.80. The first kappa shape index (κ1) is 16.7. The van der Waals surface area contributed by atoms with E-state index in [1.54, 1.807) is 18.9 Å². The minimum absolute atomic E-state index is 0.0478. The number of para-hydroxylation sites is 1. The maximum absolute atomic E-state index is 6.02. The van der Waals surface area contributed by atoms with Gasteiger partial charge in [-0.2, -0.15) is 0 Å². The molecule has 2 atom stereocenters. The van der Waals surface area contributed by atoms with E-state index in [-0.39, 0.29) is 12.1 Å². The van der Waals surface area contributed by atoms with Crippen molar-refractivity contribution in [3.05, 3.63) is 58.6 Å². The summed E-state index contributed by atoms with van der Waals surface area (Å²) in [5.41, 5.74) is 2.09. The molecule has 7 nitrogen and oxygen atoms in total. The normalized spacial score (nSPS) is 18.7. The fourth-order valence-corrected chi connectivity index (χ4v) is 3.51. The van der Waals surface area contributed by atoms with Crippen molar-refractivity contribution in [2.75, 3.05) is 19.5 Å². The molecule has 4 rings (SSSR count). The van der Waals surface area contributed by atoms with Crippen LogP contribution in [-0.4, -0.2) is 34.4 Å². The van der Waals surface area contributed by atoms with E-state index >= 15 is 0 Å². The van der Waals surface area contributed by atoms with Gasteiger partial charge in [-0.25, -0.2) is 4.68 Å². The van der Waals surface area contributed by atoms with Crippen LogP contribution in [0.25, 0.3) is 0 Å². The van der Waals surface area contributed by atoms with Crippen molar-refractivity contribution in [3.8, 4) is 11.5 Å². The van der Waals surface area contributed by atoms with Crippen LogP contribution in [0.3, 0.4) is 0 Å². The summed E-state index contributed by atoms with van der Waals surface area (Å²) in [6.45, 7) is 0. The molecule has 0 amide bonds. The number of nitrogens with one attached hydrogen (secondary N) is 1. The van der Waals surface area contributed by atoms with Gasteiger partial charge in [-0.1, -0.05) is 41.0 Å². The van der Waals surface area contributed by atoms with Crippen LogP contribution in [0, 0.1) is 0 Å². The van der Waals surface area contributed by atoms with Gasteiger partial charge in [0.15, 0.2) is 11.5 Å². The number of tetrazole rings is 1. The van der Waals surface area contributed by atoms with Crippen LogP contribution in [-0.2, 0) is 0 Å². The molecule has 134 valence electrons. The Morgan fingerprint density at radius 2 is 1.92 bits per heavy atom. The second-order valence-corrected chi connectivity index (χ2v) is 6.47. The summed E-state index contributed by atoms with van der Waals surface area (Å²) in [6.07, 6.45) is 0.753. The fourth-order valence-electron chi connectivity index (χ4n) is 3.38. The van der Waals surface area contributed by atoms with Crippen molar-refractivity contribution in [3.63, 3.8) is 0 Å². The SMILES string of the molecule is COc1cccc([C@H]2C[C@H](c3ccc(Cl)cc3)Nc3nnnn32)c1OC. The van der Waals surface area contributed by atoms with E-state index < -0.39 is 0 Å². The molecule has 1 aliphatic heterocycles. The Morgan fingerprint density at radius 1 is 1.12 bits per heavy atom. The van der Waals surface area contributed by atoms with Gasteiger partial charge in [0.2, 0.25) is 5.95 Å². The van der Waals surface area contributed by atoms with E-state index in [4.69, 9.17) is 21.1 Å². The Labute approximate surface area is 155 Å². The van der Waals surface area contributed by atoms with Crippen molar-refractivity contribution in [2.24, 2.45) is 0 Å². The van der Waals surface area contributed by atoms with Crippen molar-refractivity contribution in [1.82, 2.24) is 20.2 Å². The minimum atomic E-state index is -0.0908. The second-order valence-electron chi connectivity index (χ2n) is 6.03. The summed E-state index contributed by atoms with van der Waals surface area (Å²) in [5, 5.41) is 16.2. The number of benzene rings is 2. The maximum atomic E-state index is 6.02. The van der Waals surface area contributed by atoms with Crippen LogP contribution in [0.2, 0.25) is 5.02 Å². The average molecular weight is 372 g/mol. The zero-order chi connectivity index (χ0) is 18.1. The van der Waals surface area contributed by atoms with E-state index in [0.29, 0.717) is 22.5 Å². The van der Waals surface area contributed by atoms with Gasteiger partial charge in [0.05, 0.1) is 26.3 Å². The predicted molar refractivity (Wildman–Crippen MR) is 97.9 cm³/mol. The molecule has 1 aromatic heterocycles. The van der Waals surface area contributed by atoms with Gasteiger partial charge in [0, 0.05) is 10.6 Å². The second kappa shape index (κ2) is 6.84. The zero-order valence-corrected chi connectivity index (χ0v) is 15.1. The fraction of sp³-hybridized carbons (Fsp3) is 0.278. The number of hydrogen-bond donors (Lipinski definition) is 1. The lowest BCUT2D eigenvalue weighted by Crippen LogP contribution is -2.28. The Balaban J connectivity index is 1.78. The predicted octanol–water partition coefficient (Wildman–Crippen LogP) is 3.49. The van der Waals surface area contributed by atoms with Crippen LogP contribution in [0.15, 0.2) is 42.5 Å². The van der Waals surface area contributed by atoms with Gasteiger partial charge in [0.1, 0.15) is 0 Å². The summed E-state index contributed by atoms with van der Waals surface area (Å²) in [7, 11) is 3.27. The molecule has 0 fully saturated rings. The first-order chi connectivity index (χ1) is 12.7.